The zero-order chi connectivity index (χ0) is 13.6. The van der Waals surface area contributed by atoms with Gasteiger partial charge >= 0.3 is 0 Å². The van der Waals surface area contributed by atoms with Gasteiger partial charge in [-0.2, -0.15) is 0 Å². The summed E-state index contributed by atoms with van der Waals surface area (Å²) in [5, 5.41) is -0.195. The van der Waals surface area contributed by atoms with Gasteiger partial charge in [-0.15, -0.1) is 0 Å². The van der Waals surface area contributed by atoms with E-state index >= 15 is 0 Å². The third-order valence-electron chi connectivity index (χ3n) is 3.55. The summed E-state index contributed by atoms with van der Waals surface area (Å²) >= 11 is 0. The van der Waals surface area contributed by atoms with Gasteiger partial charge in [-0.05, 0) is 23.1 Å². The molecule has 1 aliphatic heterocycles. The van der Waals surface area contributed by atoms with Crippen LogP contribution in [0.2, 0.25) is 0 Å². The molecule has 2 rings (SSSR count). The summed E-state index contributed by atoms with van der Waals surface area (Å²) in [6.07, 6.45) is 1.32. The molecule has 1 heterocycles. The summed E-state index contributed by atoms with van der Waals surface area (Å²) in [6, 6.07) is 8.42. The summed E-state index contributed by atoms with van der Waals surface area (Å²) in [5.74, 6) is 0. The fraction of sp³-hybridized carbons (Fsp3) is 0.571. The molecule has 0 saturated carbocycles. The highest BCUT2D eigenvalue weighted by Crippen LogP contribution is 2.28. The minimum absolute atomic E-state index is 0.156. The maximum atomic E-state index is 11.3. The summed E-state index contributed by atoms with van der Waals surface area (Å²) < 4.78 is 22.7. The second-order valence-corrected chi connectivity index (χ2v) is 8.48. The van der Waals surface area contributed by atoms with Gasteiger partial charge < -0.3 is 4.90 Å². The molecular formula is C14H21NO2S. The van der Waals surface area contributed by atoms with Crippen LogP contribution in [0, 0.1) is 0 Å². The lowest BCUT2D eigenvalue weighted by molar-refractivity contribution is 0.546. The fourth-order valence-corrected chi connectivity index (χ4v) is 2.99. The van der Waals surface area contributed by atoms with Crippen molar-refractivity contribution >= 4 is 15.5 Å². The molecular weight excluding hydrogens is 246 g/mol. The van der Waals surface area contributed by atoms with Crippen molar-refractivity contribution in [2.24, 2.45) is 0 Å². The number of hydrogen-bond acceptors (Lipinski definition) is 3. The van der Waals surface area contributed by atoms with Crippen LogP contribution in [0.15, 0.2) is 24.3 Å². The van der Waals surface area contributed by atoms with Crippen LogP contribution >= 0.6 is 0 Å². The largest absolute Gasteiger partial charge is 0.369 e. The Hall–Kier alpha value is -1.03. The first-order valence-electron chi connectivity index (χ1n) is 6.22. The van der Waals surface area contributed by atoms with Crippen molar-refractivity contribution in [3.8, 4) is 0 Å². The van der Waals surface area contributed by atoms with Crippen LogP contribution in [0.5, 0.6) is 0 Å². The monoisotopic (exact) mass is 267 g/mol. The zero-order valence-electron chi connectivity index (χ0n) is 11.5. The normalized spacial score (nSPS) is 17.7. The molecule has 3 nitrogen and oxygen atoms in total. The topological polar surface area (TPSA) is 37.4 Å². The highest BCUT2D eigenvalue weighted by Gasteiger charge is 2.34. The molecule has 1 saturated heterocycles. The molecule has 1 aliphatic rings. The molecule has 0 atom stereocenters. The lowest BCUT2D eigenvalue weighted by Gasteiger charge is -2.40. The van der Waals surface area contributed by atoms with Gasteiger partial charge in [0.2, 0.25) is 0 Å². The van der Waals surface area contributed by atoms with E-state index in [9.17, 15) is 8.42 Å². The zero-order valence-corrected chi connectivity index (χ0v) is 12.3. The number of hydrogen-bond donors (Lipinski definition) is 0. The smallest absolute Gasteiger partial charge is 0.153 e. The molecule has 0 radical (unpaired) electrons. The minimum Gasteiger partial charge on any atom is -0.369 e. The first-order valence-corrected chi connectivity index (χ1v) is 8.18. The van der Waals surface area contributed by atoms with E-state index in [1.54, 1.807) is 0 Å². The summed E-state index contributed by atoms with van der Waals surface area (Å²) in [4.78, 5) is 2.11. The first-order chi connectivity index (χ1) is 8.18. The van der Waals surface area contributed by atoms with Gasteiger partial charge in [0, 0.05) is 25.0 Å². The SMILES string of the molecule is CC(C)(C)c1ccc(N2CC(S(C)(=O)=O)C2)cc1. The van der Waals surface area contributed by atoms with E-state index in [0.717, 1.165) is 5.69 Å². The van der Waals surface area contributed by atoms with Crippen molar-refractivity contribution in [1.29, 1.82) is 0 Å². The van der Waals surface area contributed by atoms with Crippen molar-refractivity contribution in [3.63, 3.8) is 0 Å². The highest BCUT2D eigenvalue weighted by atomic mass is 32.2. The van der Waals surface area contributed by atoms with E-state index < -0.39 is 9.84 Å². The Morgan fingerprint density at radius 1 is 1.11 bits per heavy atom. The van der Waals surface area contributed by atoms with Crippen molar-refractivity contribution in [3.05, 3.63) is 29.8 Å². The average Bonchev–Trinajstić information content (AvgIpc) is 2.12. The van der Waals surface area contributed by atoms with E-state index in [2.05, 4.69) is 49.9 Å². The molecule has 100 valence electrons. The predicted octanol–water partition coefficient (Wildman–Crippen LogP) is 2.22. The Labute approximate surface area is 110 Å². The number of anilines is 1. The van der Waals surface area contributed by atoms with E-state index in [0.29, 0.717) is 13.1 Å². The van der Waals surface area contributed by atoms with Crippen LogP contribution in [0.3, 0.4) is 0 Å². The summed E-state index contributed by atoms with van der Waals surface area (Å²) in [5.41, 5.74) is 2.57. The lowest BCUT2D eigenvalue weighted by atomic mass is 9.87. The molecule has 0 unspecified atom stereocenters. The third-order valence-corrected chi connectivity index (χ3v) is 5.06. The van der Waals surface area contributed by atoms with E-state index in [4.69, 9.17) is 0 Å². The second-order valence-electron chi connectivity index (χ2n) is 6.15. The van der Waals surface area contributed by atoms with Crippen LogP contribution < -0.4 is 4.90 Å². The van der Waals surface area contributed by atoms with Gasteiger partial charge in [0.05, 0.1) is 5.25 Å². The molecule has 18 heavy (non-hydrogen) atoms. The lowest BCUT2D eigenvalue weighted by Crippen LogP contribution is -2.54. The number of nitrogens with zero attached hydrogens (tertiary/aromatic N) is 1. The molecule has 1 aromatic carbocycles. The maximum absolute atomic E-state index is 11.3. The van der Waals surface area contributed by atoms with Crippen molar-refractivity contribution in [2.75, 3.05) is 24.2 Å². The van der Waals surface area contributed by atoms with Gasteiger partial charge in [-0.25, -0.2) is 8.42 Å². The molecule has 1 aromatic rings. The Balaban J connectivity index is 2.06. The molecule has 0 spiro atoms. The Bertz CT molecular complexity index is 520. The predicted molar refractivity (Wildman–Crippen MR) is 76.0 cm³/mol. The van der Waals surface area contributed by atoms with Gasteiger partial charge in [0.15, 0.2) is 9.84 Å². The van der Waals surface area contributed by atoms with Crippen LogP contribution in [0.25, 0.3) is 0 Å². The molecule has 1 fully saturated rings. The molecule has 0 aliphatic carbocycles. The van der Waals surface area contributed by atoms with Crippen molar-refractivity contribution in [1.82, 2.24) is 0 Å². The summed E-state index contributed by atoms with van der Waals surface area (Å²) in [6.45, 7) is 7.80. The average molecular weight is 267 g/mol. The Kier molecular flexibility index (Phi) is 3.18. The van der Waals surface area contributed by atoms with E-state index in [1.807, 2.05) is 0 Å². The molecule has 0 amide bonds. The second kappa shape index (κ2) is 4.26. The molecule has 0 bridgehead atoms. The van der Waals surface area contributed by atoms with Crippen molar-refractivity contribution in [2.45, 2.75) is 31.4 Å². The number of rotatable bonds is 2. The first kappa shape index (κ1) is 13.4. The van der Waals surface area contributed by atoms with Gasteiger partial charge in [-0.3, -0.25) is 0 Å². The minimum atomic E-state index is -2.88. The standard InChI is InChI=1S/C14H21NO2S/c1-14(2,3)11-5-7-12(8-6-11)15-9-13(10-15)18(4,16)17/h5-8,13H,9-10H2,1-4H3. The third kappa shape index (κ3) is 2.69. The molecule has 0 N–H and O–H groups in total. The molecule has 0 aromatic heterocycles. The highest BCUT2D eigenvalue weighted by molar-refractivity contribution is 7.91. The van der Waals surface area contributed by atoms with Gasteiger partial charge in [0.1, 0.15) is 0 Å². The Morgan fingerprint density at radius 2 is 1.61 bits per heavy atom. The van der Waals surface area contributed by atoms with Crippen LogP contribution in [-0.2, 0) is 15.3 Å². The fourth-order valence-electron chi connectivity index (χ4n) is 2.09. The molecule has 4 heteroatoms. The number of benzene rings is 1. The van der Waals surface area contributed by atoms with Crippen LogP contribution in [0.1, 0.15) is 26.3 Å². The van der Waals surface area contributed by atoms with E-state index in [1.165, 1.54) is 11.8 Å². The van der Waals surface area contributed by atoms with E-state index in [-0.39, 0.29) is 10.7 Å². The van der Waals surface area contributed by atoms with Crippen molar-refractivity contribution < 1.29 is 8.42 Å². The van der Waals surface area contributed by atoms with Crippen LogP contribution in [0.4, 0.5) is 5.69 Å². The van der Waals surface area contributed by atoms with Gasteiger partial charge in [-0.1, -0.05) is 32.9 Å². The Morgan fingerprint density at radius 3 is 2.00 bits per heavy atom. The summed E-state index contributed by atoms with van der Waals surface area (Å²) in [7, 11) is -2.88. The maximum Gasteiger partial charge on any atom is 0.153 e. The number of sulfone groups is 1. The quantitative estimate of drug-likeness (QED) is 0.824. The van der Waals surface area contributed by atoms with Crippen LogP contribution in [-0.4, -0.2) is 33.0 Å². The van der Waals surface area contributed by atoms with Gasteiger partial charge in [0.25, 0.3) is 0 Å².